The molecule has 4 nitrogen and oxygen atoms in total. The maximum absolute atomic E-state index is 13.0. The first-order chi connectivity index (χ1) is 12.7. The molecule has 1 heterocycles. The van der Waals surface area contributed by atoms with Gasteiger partial charge in [0.2, 0.25) is 5.91 Å². The Bertz CT molecular complexity index is 733. The van der Waals surface area contributed by atoms with Gasteiger partial charge in [0.05, 0.1) is 13.0 Å². The molecule has 2 aromatic rings. The zero-order valence-electron chi connectivity index (χ0n) is 15.1. The van der Waals surface area contributed by atoms with Gasteiger partial charge >= 0.3 is 0 Å². The fourth-order valence-corrected chi connectivity index (χ4v) is 3.44. The highest BCUT2D eigenvalue weighted by molar-refractivity contribution is 5.79. The lowest BCUT2D eigenvalue weighted by atomic mass is 9.96. The number of methoxy groups -OCH3 is 1. The summed E-state index contributed by atoms with van der Waals surface area (Å²) in [4.78, 5) is 14.9. The highest BCUT2D eigenvalue weighted by Gasteiger charge is 2.25. The second-order valence-electron chi connectivity index (χ2n) is 6.73. The zero-order chi connectivity index (χ0) is 18.4. The summed E-state index contributed by atoms with van der Waals surface area (Å²) in [5, 5.41) is 3.04. The number of carbonyl (C=O) groups is 1. The van der Waals surface area contributed by atoms with Gasteiger partial charge in [-0.2, -0.15) is 0 Å². The summed E-state index contributed by atoms with van der Waals surface area (Å²) in [5.74, 6) is 0.633. The first kappa shape index (κ1) is 18.4. The van der Waals surface area contributed by atoms with Crippen molar-refractivity contribution in [3.63, 3.8) is 0 Å². The van der Waals surface area contributed by atoms with Gasteiger partial charge in [-0.05, 0) is 43.1 Å². The SMILES string of the molecule is COc1ccccc1CNC(=O)[C@H]1CCCN(Cc2ccc(F)cc2)C1. The molecular formula is C21H25FN2O2. The number of likely N-dealkylation sites (tertiary alicyclic amines) is 1. The van der Waals surface area contributed by atoms with Crippen LogP contribution in [0.4, 0.5) is 4.39 Å². The molecule has 2 aromatic carbocycles. The number of amides is 1. The molecule has 0 saturated carbocycles. The molecule has 5 heteroatoms. The van der Waals surface area contributed by atoms with Crippen LogP contribution in [-0.4, -0.2) is 31.0 Å². The second-order valence-corrected chi connectivity index (χ2v) is 6.73. The molecule has 0 radical (unpaired) electrons. The molecule has 0 aromatic heterocycles. The van der Waals surface area contributed by atoms with E-state index < -0.39 is 0 Å². The van der Waals surface area contributed by atoms with E-state index in [0.29, 0.717) is 6.54 Å². The summed E-state index contributed by atoms with van der Waals surface area (Å²) >= 11 is 0. The summed E-state index contributed by atoms with van der Waals surface area (Å²) in [6.07, 6.45) is 1.89. The van der Waals surface area contributed by atoms with Crippen LogP contribution in [0, 0.1) is 11.7 Å². The lowest BCUT2D eigenvalue weighted by Gasteiger charge is -2.32. The first-order valence-corrected chi connectivity index (χ1v) is 9.02. The molecule has 26 heavy (non-hydrogen) atoms. The quantitative estimate of drug-likeness (QED) is 0.863. The van der Waals surface area contributed by atoms with Gasteiger partial charge in [0.1, 0.15) is 11.6 Å². The van der Waals surface area contributed by atoms with E-state index in [2.05, 4.69) is 10.2 Å². The summed E-state index contributed by atoms with van der Waals surface area (Å²) < 4.78 is 18.4. The van der Waals surface area contributed by atoms with Crippen LogP contribution in [0.5, 0.6) is 5.75 Å². The van der Waals surface area contributed by atoms with Gasteiger partial charge in [-0.1, -0.05) is 30.3 Å². The lowest BCUT2D eigenvalue weighted by Crippen LogP contribution is -2.42. The molecule has 0 unspecified atom stereocenters. The molecular weight excluding hydrogens is 331 g/mol. The Hall–Kier alpha value is -2.40. The Morgan fingerprint density at radius 1 is 1.23 bits per heavy atom. The predicted octanol–water partition coefficient (Wildman–Crippen LogP) is 3.36. The highest BCUT2D eigenvalue weighted by Crippen LogP contribution is 2.20. The minimum absolute atomic E-state index is 0.0149. The molecule has 1 fully saturated rings. The molecule has 138 valence electrons. The number of ether oxygens (including phenoxy) is 1. The smallest absolute Gasteiger partial charge is 0.224 e. The standard InChI is InChI=1S/C21H25FN2O2/c1-26-20-7-3-2-5-17(20)13-23-21(25)18-6-4-12-24(15-18)14-16-8-10-19(22)11-9-16/h2-3,5,7-11,18H,4,6,12-15H2,1H3,(H,23,25)/t18-/m0/s1. The number of halogens is 1. The van der Waals surface area contributed by atoms with E-state index in [-0.39, 0.29) is 17.6 Å². The number of nitrogens with one attached hydrogen (secondary N) is 1. The third-order valence-corrected chi connectivity index (χ3v) is 4.84. The summed E-state index contributed by atoms with van der Waals surface area (Å²) in [6.45, 7) is 2.91. The molecule has 3 rings (SSSR count). The summed E-state index contributed by atoms with van der Waals surface area (Å²) in [7, 11) is 1.63. The van der Waals surface area contributed by atoms with Crippen molar-refractivity contribution in [2.45, 2.75) is 25.9 Å². The molecule has 1 atom stereocenters. The third kappa shape index (κ3) is 4.82. The number of hydrogen-bond acceptors (Lipinski definition) is 3. The van der Waals surface area contributed by atoms with Gasteiger partial charge in [-0.15, -0.1) is 0 Å². The van der Waals surface area contributed by atoms with Crippen LogP contribution < -0.4 is 10.1 Å². The fraction of sp³-hybridized carbons (Fsp3) is 0.381. The third-order valence-electron chi connectivity index (χ3n) is 4.84. The van der Waals surface area contributed by atoms with Crippen molar-refractivity contribution in [3.05, 3.63) is 65.5 Å². The Morgan fingerprint density at radius 2 is 2.00 bits per heavy atom. The van der Waals surface area contributed by atoms with E-state index >= 15 is 0 Å². The van der Waals surface area contributed by atoms with Crippen molar-refractivity contribution in [1.29, 1.82) is 0 Å². The summed E-state index contributed by atoms with van der Waals surface area (Å²) in [5.41, 5.74) is 2.05. The number of para-hydroxylation sites is 1. The second kappa shape index (κ2) is 8.81. The number of carbonyl (C=O) groups excluding carboxylic acids is 1. The molecule has 0 bridgehead atoms. The maximum Gasteiger partial charge on any atom is 0.224 e. The van der Waals surface area contributed by atoms with Crippen molar-refractivity contribution < 1.29 is 13.9 Å². The molecule has 1 amide bonds. The van der Waals surface area contributed by atoms with E-state index in [1.165, 1.54) is 12.1 Å². The number of nitrogens with zero attached hydrogens (tertiary/aromatic N) is 1. The number of rotatable bonds is 6. The monoisotopic (exact) mass is 356 g/mol. The predicted molar refractivity (Wildman–Crippen MR) is 99.2 cm³/mol. The fourth-order valence-electron chi connectivity index (χ4n) is 3.44. The van der Waals surface area contributed by atoms with Crippen LogP contribution in [0.2, 0.25) is 0 Å². The molecule has 1 N–H and O–H groups in total. The van der Waals surface area contributed by atoms with Crippen molar-refractivity contribution in [2.75, 3.05) is 20.2 Å². The Kier molecular flexibility index (Phi) is 6.23. The van der Waals surface area contributed by atoms with E-state index in [0.717, 1.165) is 49.4 Å². The van der Waals surface area contributed by atoms with Gasteiger partial charge in [-0.25, -0.2) is 4.39 Å². The lowest BCUT2D eigenvalue weighted by molar-refractivity contribution is -0.126. The largest absolute Gasteiger partial charge is 0.496 e. The van der Waals surface area contributed by atoms with Crippen LogP contribution in [0.25, 0.3) is 0 Å². The van der Waals surface area contributed by atoms with Crippen molar-refractivity contribution in [2.24, 2.45) is 5.92 Å². The molecule has 0 aliphatic carbocycles. The van der Waals surface area contributed by atoms with Gasteiger partial charge < -0.3 is 10.1 Å². The van der Waals surface area contributed by atoms with E-state index in [4.69, 9.17) is 4.74 Å². The van der Waals surface area contributed by atoms with E-state index in [9.17, 15) is 9.18 Å². The van der Waals surface area contributed by atoms with Crippen molar-refractivity contribution in [3.8, 4) is 5.75 Å². The average Bonchev–Trinajstić information content (AvgIpc) is 2.68. The molecule has 1 aliphatic heterocycles. The van der Waals surface area contributed by atoms with E-state index in [1.807, 2.05) is 24.3 Å². The normalized spacial score (nSPS) is 17.7. The Labute approximate surface area is 154 Å². The zero-order valence-corrected chi connectivity index (χ0v) is 15.1. The van der Waals surface area contributed by atoms with Crippen molar-refractivity contribution >= 4 is 5.91 Å². The van der Waals surface area contributed by atoms with Gasteiger partial charge in [-0.3, -0.25) is 9.69 Å². The van der Waals surface area contributed by atoms with Gasteiger partial charge in [0.15, 0.2) is 0 Å². The molecule has 1 aliphatic rings. The van der Waals surface area contributed by atoms with Crippen LogP contribution in [-0.2, 0) is 17.9 Å². The number of benzene rings is 2. The highest BCUT2D eigenvalue weighted by atomic mass is 19.1. The topological polar surface area (TPSA) is 41.6 Å². The summed E-state index contributed by atoms with van der Waals surface area (Å²) in [6, 6.07) is 14.3. The maximum atomic E-state index is 13.0. The van der Waals surface area contributed by atoms with Gasteiger partial charge in [0.25, 0.3) is 0 Å². The Morgan fingerprint density at radius 3 is 2.77 bits per heavy atom. The van der Waals surface area contributed by atoms with Crippen LogP contribution in [0.3, 0.4) is 0 Å². The number of hydrogen-bond donors (Lipinski definition) is 1. The van der Waals surface area contributed by atoms with E-state index in [1.54, 1.807) is 19.2 Å². The first-order valence-electron chi connectivity index (χ1n) is 9.02. The average molecular weight is 356 g/mol. The molecule has 1 saturated heterocycles. The van der Waals surface area contributed by atoms with Crippen LogP contribution in [0.1, 0.15) is 24.0 Å². The van der Waals surface area contributed by atoms with Gasteiger partial charge in [0, 0.05) is 25.2 Å². The van der Waals surface area contributed by atoms with Crippen LogP contribution >= 0.6 is 0 Å². The van der Waals surface area contributed by atoms with Crippen LogP contribution in [0.15, 0.2) is 48.5 Å². The Balaban J connectivity index is 1.53. The minimum Gasteiger partial charge on any atom is -0.496 e. The van der Waals surface area contributed by atoms with Crippen molar-refractivity contribution in [1.82, 2.24) is 10.2 Å². The molecule has 0 spiro atoms. The minimum atomic E-state index is -0.221. The number of piperidine rings is 1.